The van der Waals surface area contributed by atoms with Crippen LogP contribution in [0.5, 0.6) is 5.75 Å². The van der Waals surface area contributed by atoms with E-state index in [4.69, 9.17) is 9.47 Å². The van der Waals surface area contributed by atoms with Crippen molar-refractivity contribution < 1.29 is 19.4 Å². The summed E-state index contributed by atoms with van der Waals surface area (Å²) < 4.78 is 11.1. The second-order valence-corrected chi connectivity index (χ2v) is 6.32. The number of benzene rings is 2. The largest absolute Gasteiger partial charge is 0.481 e. The number of hydrogen-bond acceptors (Lipinski definition) is 3. The standard InChI is InChI=1S/C22H24O4/c1-16(2)26-21(22(23)24)15-19-6-4-8-20(14-19)25-13-5-7-18-11-9-17(3)10-12-18/h4,6,8-12,14,16,21H,13,15H2,1-3H3,(H,23,24). The molecule has 0 fully saturated rings. The third-order valence-electron chi connectivity index (χ3n) is 3.63. The van der Waals surface area contributed by atoms with E-state index < -0.39 is 12.1 Å². The van der Waals surface area contributed by atoms with Gasteiger partial charge in [-0.05, 0) is 50.6 Å². The number of hydrogen-bond donors (Lipinski definition) is 1. The van der Waals surface area contributed by atoms with Crippen molar-refractivity contribution in [2.24, 2.45) is 0 Å². The Morgan fingerprint density at radius 3 is 2.54 bits per heavy atom. The average Bonchev–Trinajstić information content (AvgIpc) is 2.59. The average molecular weight is 352 g/mol. The van der Waals surface area contributed by atoms with Gasteiger partial charge in [0.2, 0.25) is 0 Å². The zero-order valence-electron chi connectivity index (χ0n) is 15.4. The Balaban J connectivity index is 1.94. The Kier molecular flexibility index (Phi) is 7.25. The molecule has 0 radical (unpaired) electrons. The fourth-order valence-corrected chi connectivity index (χ4v) is 2.39. The van der Waals surface area contributed by atoms with E-state index in [-0.39, 0.29) is 12.7 Å². The molecule has 0 aromatic heterocycles. The first-order valence-electron chi connectivity index (χ1n) is 8.59. The Morgan fingerprint density at radius 1 is 1.15 bits per heavy atom. The maximum Gasteiger partial charge on any atom is 0.333 e. The predicted molar refractivity (Wildman–Crippen MR) is 101 cm³/mol. The van der Waals surface area contributed by atoms with E-state index in [2.05, 4.69) is 11.8 Å². The third-order valence-corrected chi connectivity index (χ3v) is 3.63. The van der Waals surface area contributed by atoms with Gasteiger partial charge < -0.3 is 14.6 Å². The molecule has 26 heavy (non-hydrogen) atoms. The van der Waals surface area contributed by atoms with E-state index in [1.54, 1.807) is 0 Å². The zero-order chi connectivity index (χ0) is 18.9. The van der Waals surface area contributed by atoms with Crippen molar-refractivity contribution in [3.8, 4) is 17.6 Å². The summed E-state index contributed by atoms with van der Waals surface area (Å²) >= 11 is 0. The van der Waals surface area contributed by atoms with Crippen molar-refractivity contribution in [1.29, 1.82) is 0 Å². The number of carbonyl (C=O) groups is 1. The normalized spacial score (nSPS) is 11.5. The fourth-order valence-electron chi connectivity index (χ4n) is 2.39. The Bertz CT molecular complexity index is 782. The lowest BCUT2D eigenvalue weighted by Gasteiger charge is -2.16. The molecule has 0 aliphatic rings. The molecule has 136 valence electrons. The lowest BCUT2D eigenvalue weighted by Crippen LogP contribution is -2.29. The highest BCUT2D eigenvalue weighted by Gasteiger charge is 2.20. The van der Waals surface area contributed by atoms with Crippen LogP contribution in [-0.4, -0.2) is 29.9 Å². The fraction of sp³-hybridized carbons (Fsp3) is 0.318. The minimum absolute atomic E-state index is 0.146. The quantitative estimate of drug-likeness (QED) is 0.769. The predicted octanol–water partition coefficient (Wildman–Crippen LogP) is 3.85. The van der Waals surface area contributed by atoms with Crippen LogP contribution < -0.4 is 4.74 Å². The number of carboxylic acids is 1. The number of ether oxygens (including phenoxy) is 2. The van der Waals surface area contributed by atoms with Gasteiger partial charge in [-0.25, -0.2) is 4.79 Å². The van der Waals surface area contributed by atoms with Crippen LogP contribution in [0, 0.1) is 18.8 Å². The molecule has 0 saturated carbocycles. The van der Waals surface area contributed by atoms with E-state index in [0.29, 0.717) is 12.2 Å². The zero-order valence-corrected chi connectivity index (χ0v) is 15.4. The number of rotatable bonds is 7. The maximum atomic E-state index is 11.3. The van der Waals surface area contributed by atoms with Crippen LogP contribution in [0.25, 0.3) is 0 Å². The van der Waals surface area contributed by atoms with Gasteiger partial charge in [-0.15, -0.1) is 0 Å². The summed E-state index contributed by atoms with van der Waals surface area (Å²) in [5, 5.41) is 9.28. The molecule has 1 N–H and O–H groups in total. The molecule has 0 saturated heterocycles. The van der Waals surface area contributed by atoms with Gasteiger partial charge in [0.15, 0.2) is 6.10 Å². The van der Waals surface area contributed by atoms with Gasteiger partial charge in [-0.2, -0.15) is 0 Å². The molecular formula is C22H24O4. The number of aliphatic carboxylic acids is 1. The smallest absolute Gasteiger partial charge is 0.333 e. The molecule has 0 amide bonds. The second kappa shape index (κ2) is 9.65. The topological polar surface area (TPSA) is 55.8 Å². The van der Waals surface area contributed by atoms with Crippen LogP contribution in [0.4, 0.5) is 0 Å². The van der Waals surface area contributed by atoms with Gasteiger partial charge in [0.05, 0.1) is 6.10 Å². The summed E-state index contributed by atoms with van der Waals surface area (Å²) in [5.74, 6) is 5.73. The number of aryl methyl sites for hydroxylation is 1. The minimum Gasteiger partial charge on any atom is -0.481 e. The number of carboxylic acid groups (broad SMARTS) is 1. The molecule has 2 aromatic rings. The molecule has 0 aliphatic carbocycles. The van der Waals surface area contributed by atoms with Crippen LogP contribution in [0.2, 0.25) is 0 Å². The Morgan fingerprint density at radius 2 is 1.88 bits per heavy atom. The first kappa shape index (κ1) is 19.6. The summed E-state index contributed by atoms with van der Waals surface area (Å²) in [6.45, 7) is 5.95. The molecule has 4 heteroatoms. The van der Waals surface area contributed by atoms with E-state index >= 15 is 0 Å². The Hall–Kier alpha value is -2.77. The van der Waals surface area contributed by atoms with Crippen molar-refractivity contribution in [2.75, 3.05) is 6.61 Å². The summed E-state index contributed by atoms with van der Waals surface area (Å²) in [6.07, 6.45) is -0.723. The van der Waals surface area contributed by atoms with Crippen LogP contribution >= 0.6 is 0 Å². The summed E-state index contributed by atoms with van der Waals surface area (Å²) in [7, 11) is 0. The van der Waals surface area contributed by atoms with E-state index in [1.807, 2.05) is 69.3 Å². The summed E-state index contributed by atoms with van der Waals surface area (Å²) in [6, 6.07) is 15.4. The monoisotopic (exact) mass is 352 g/mol. The van der Waals surface area contributed by atoms with Crippen LogP contribution in [0.3, 0.4) is 0 Å². The summed E-state index contributed by atoms with van der Waals surface area (Å²) in [5.41, 5.74) is 3.00. The van der Waals surface area contributed by atoms with Gasteiger partial charge >= 0.3 is 5.97 Å². The molecule has 0 spiro atoms. The molecule has 4 nitrogen and oxygen atoms in total. The molecule has 0 aliphatic heterocycles. The van der Waals surface area contributed by atoms with Gasteiger partial charge in [0.1, 0.15) is 12.4 Å². The van der Waals surface area contributed by atoms with Crippen LogP contribution in [0.1, 0.15) is 30.5 Å². The molecule has 2 rings (SSSR count). The highest BCUT2D eigenvalue weighted by atomic mass is 16.5. The lowest BCUT2D eigenvalue weighted by molar-refractivity contribution is -0.153. The van der Waals surface area contributed by atoms with Crippen molar-refractivity contribution in [2.45, 2.75) is 39.4 Å². The molecule has 0 bridgehead atoms. The molecule has 2 aromatic carbocycles. The van der Waals surface area contributed by atoms with E-state index in [9.17, 15) is 9.90 Å². The molecule has 1 atom stereocenters. The van der Waals surface area contributed by atoms with Crippen molar-refractivity contribution in [3.05, 3.63) is 65.2 Å². The van der Waals surface area contributed by atoms with Crippen molar-refractivity contribution >= 4 is 5.97 Å². The SMILES string of the molecule is Cc1ccc(C#CCOc2cccc(CC(OC(C)C)C(=O)O)c2)cc1. The third kappa shape index (κ3) is 6.62. The molecular weight excluding hydrogens is 328 g/mol. The van der Waals surface area contributed by atoms with Gasteiger partial charge in [0.25, 0.3) is 0 Å². The lowest BCUT2D eigenvalue weighted by atomic mass is 10.1. The Labute approximate surface area is 154 Å². The van der Waals surface area contributed by atoms with Gasteiger partial charge in [-0.1, -0.05) is 41.7 Å². The van der Waals surface area contributed by atoms with E-state index in [1.165, 1.54) is 5.56 Å². The van der Waals surface area contributed by atoms with Crippen molar-refractivity contribution in [1.82, 2.24) is 0 Å². The second-order valence-electron chi connectivity index (χ2n) is 6.32. The molecule has 1 unspecified atom stereocenters. The van der Waals surface area contributed by atoms with Gasteiger partial charge in [-0.3, -0.25) is 0 Å². The molecule has 0 heterocycles. The summed E-state index contributed by atoms with van der Waals surface area (Å²) in [4.78, 5) is 11.3. The highest BCUT2D eigenvalue weighted by Crippen LogP contribution is 2.16. The minimum atomic E-state index is -0.964. The van der Waals surface area contributed by atoms with Crippen LogP contribution in [0.15, 0.2) is 48.5 Å². The van der Waals surface area contributed by atoms with Gasteiger partial charge in [0, 0.05) is 12.0 Å². The first-order valence-corrected chi connectivity index (χ1v) is 8.59. The first-order chi connectivity index (χ1) is 12.4. The maximum absolute atomic E-state index is 11.3. The van der Waals surface area contributed by atoms with E-state index in [0.717, 1.165) is 11.1 Å². The van der Waals surface area contributed by atoms with Crippen LogP contribution in [-0.2, 0) is 16.0 Å². The highest BCUT2D eigenvalue weighted by molar-refractivity contribution is 5.72. The van der Waals surface area contributed by atoms with Crippen molar-refractivity contribution in [3.63, 3.8) is 0 Å².